The van der Waals surface area contributed by atoms with Gasteiger partial charge in [-0.2, -0.15) is 0 Å². The summed E-state index contributed by atoms with van der Waals surface area (Å²) in [5.74, 6) is -0.362. The Balaban J connectivity index is 2.23. The number of hydrogen-bond acceptors (Lipinski definition) is 4. The molecule has 0 heterocycles. The van der Waals surface area contributed by atoms with Crippen molar-refractivity contribution in [3.05, 3.63) is 36.4 Å². The summed E-state index contributed by atoms with van der Waals surface area (Å²) in [6, 6.07) is 7.36. The van der Waals surface area contributed by atoms with Crippen LogP contribution in [0.25, 0.3) is 0 Å². The number of nitrogen functional groups attached to an aromatic ring is 1. The van der Waals surface area contributed by atoms with Crippen LogP contribution in [0.2, 0.25) is 0 Å². The first-order valence-electron chi connectivity index (χ1n) is 5.01. The molecule has 4 heteroatoms. The van der Waals surface area contributed by atoms with Crippen LogP contribution in [0.3, 0.4) is 0 Å². The molecule has 0 atom stereocenters. The van der Waals surface area contributed by atoms with Crippen molar-refractivity contribution in [2.45, 2.75) is 6.92 Å². The molecule has 1 rings (SSSR count). The van der Waals surface area contributed by atoms with Crippen molar-refractivity contribution < 1.29 is 9.53 Å². The maximum Gasteiger partial charge on any atom is 0.333 e. The number of esters is 1. The van der Waals surface area contributed by atoms with E-state index in [1.807, 2.05) is 24.3 Å². The predicted octanol–water partition coefficient (Wildman–Crippen LogP) is 1.80. The molecule has 3 N–H and O–H groups in total. The summed E-state index contributed by atoms with van der Waals surface area (Å²) in [6.45, 7) is 5.99. The molecule has 1 aromatic rings. The molecule has 0 radical (unpaired) electrons. The van der Waals surface area contributed by atoms with E-state index in [4.69, 9.17) is 10.5 Å². The Kier molecular flexibility index (Phi) is 4.39. The molecule has 0 spiro atoms. The monoisotopic (exact) mass is 220 g/mol. The highest BCUT2D eigenvalue weighted by molar-refractivity contribution is 5.86. The van der Waals surface area contributed by atoms with Crippen molar-refractivity contribution >= 4 is 17.3 Å². The van der Waals surface area contributed by atoms with Gasteiger partial charge in [0.1, 0.15) is 6.61 Å². The number of hydrogen-bond donors (Lipinski definition) is 2. The molecule has 1 aromatic carbocycles. The third-order valence-electron chi connectivity index (χ3n) is 1.92. The first-order chi connectivity index (χ1) is 7.59. The minimum atomic E-state index is -0.362. The molecule has 0 unspecified atom stereocenters. The van der Waals surface area contributed by atoms with Crippen LogP contribution in [0.15, 0.2) is 36.4 Å². The summed E-state index contributed by atoms with van der Waals surface area (Å²) >= 11 is 0. The van der Waals surface area contributed by atoms with Gasteiger partial charge in [0.05, 0.1) is 0 Å². The van der Waals surface area contributed by atoms with Gasteiger partial charge in [-0.05, 0) is 31.2 Å². The number of ether oxygens (including phenoxy) is 1. The van der Waals surface area contributed by atoms with E-state index in [9.17, 15) is 4.79 Å². The van der Waals surface area contributed by atoms with Gasteiger partial charge < -0.3 is 15.8 Å². The number of nitrogens with two attached hydrogens (primary N) is 1. The van der Waals surface area contributed by atoms with Crippen molar-refractivity contribution in [1.82, 2.24) is 0 Å². The van der Waals surface area contributed by atoms with E-state index in [-0.39, 0.29) is 5.97 Å². The molecule has 0 aliphatic heterocycles. The number of carbonyl (C=O) groups excluding carboxylic acids is 1. The van der Waals surface area contributed by atoms with Gasteiger partial charge in [0.25, 0.3) is 0 Å². The fourth-order valence-corrected chi connectivity index (χ4v) is 1.06. The van der Waals surface area contributed by atoms with E-state index in [1.54, 1.807) is 6.92 Å². The second kappa shape index (κ2) is 5.80. The van der Waals surface area contributed by atoms with E-state index in [1.165, 1.54) is 0 Å². The fourth-order valence-electron chi connectivity index (χ4n) is 1.06. The quantitative estimate of drug-likeness (QED) is 0.344. The highest BCUT2D eigenvalue weighted by Gasteiger charge is 2.01. The first kappa shape index (κ1) is 12.1. The van der Waals surface area contributed by atoms with Gasteiger partial charge in [0.15, 0.2) is 0 Å². The molecule has 0 saturated carbocycles. The number of carbonyl (C=O) groups is 1. The summed E-state index contributed by atoms with van der Waals surface area (Å²) in [7, 11) is 0. The van der Waals surface area contributed by atoms with Crippen molar-refractivity contribution in [1.29, 1.82) is 0 Å². The van der Waals surface area contributed by atoms with Crippen LogP contribution in [-0.4, -0.2) is 19.1 Å². The Bertz CT molecular complexity index is 371. The zero-order chi connectivity index (χ0) is 12.0. The lowest BCUT2D eigenvalue weighted by Crippen LogP contribution is -2.13. The molecule has 4 nitrogen and oxygen atoms in total. The van der Waals surface area contributed by atoms with E-state index >= 15 is 0 Å². The Morgan fingerprint density at radius 1 is 1.44 bits per heavy atom. The number of rotatable bonds is 5. The molecule has 0 aliphatic carbocycles. The highest BCUT2D eigenvalue weighted by Crippen LogP contribution is 2.09. The normalized spacial score (nSPS) is 9.56. The number of anilines is 2. The van der Waals surface area contributed by atoms with Crippen molar-refractivity contribution in [3.63, 3.8) is 0 Å². The highest BCUT2D eigenvalue weighted by atomic mass is 16.5. The van der Waals surface area contributed by atoms with E-state index in [0.717, 1.165) is 11.4 Å². The van der Waals surface area contributed by atoms with Crippen molar-refractivity contribution in [2.24, 2.45) is 0 Å². The smallest absolute Gasteiger partial charge is 0.333 e. The Labute approximate surface area is 95.1 Å². The van der Waals surface area contributed by atoms with Crippen LogP contribution >= 0.6 is 0 Å². The average Bonchev–Trinajstić information content (AvgIpc) is 2.26. The molecule has 0 fully saturated rings. The van der Waals surface area contributed by atoms with Gasteiger partial charge in [-0.15, -0.1) is 0 Å². The largest absolute Gasteiger partial charge is 0.460 e. The molecular formula is C12H16N2O2. The summed E-state index contributed by atoms with van der Waals surface area (Å²) in [4.78, 5) is 11.0. The van der Waals surface area contributed by atoms with E-state index in [2.05, 4.69) is 11.9 Å². The van der Waals surface area contributed by atoms with Gasteiger partial charge in [0, 0.05) is 23.5 Å². The zero-order valence-corrected chi connectivity index (χ0v) is 9.32. The maximum absolute atomic E-state index is 11.0. The van der Waals surface area contributed by atoms with Crippen LogP contribution in [0, 0.1) is 0 Å². The second-order valence-corrected chi connectivity index (χ2v) is 3.47. The molecule has 86 valence electrons. The fraction of sp³-hybridized carbons (Fsp3) is 0.250. The molecule has 16 heavy (non-hydrogen) atoms. The van der Waals surface area contributed by atoms with Gasteiger partial charge >= 0.3 is 5.97 Å². The minimum absolute atomic E-state index is 0.316. The molecule has 0 aliphatic rings. The Hall–Kier alpha value is -1.97. The summed E-state index contributed by atoms with van der Waals surface area (Å²) in [6.07, 6.45) is 0. The lowest BCUT2D eigenvalue weighted by Gasteiger charge is -2.07. The molecule has 0 saturated heterocycles. The minimum Gasteiger partial charge on any atom is -0.460 e. The Morgan fingerprint density at radius 3 is 2.62 bits per heavy atom. The SMILES string of the molecule is C=C(C)C(=O)OCCNc1ccc(N)cc1. The number of nitrogens with one attached hydrogen (secondary N) is 1. The van der Waals surface area contributed by atoms with Crippen LogP contribution in [0.5, 0.6) is 0 Å². The van der Waals surface area contributed by atoms with E-state index in [0.29, 0.717) is 18.7 Å². The van der Waals surface area contributed by atoms with Crippen LogP contribution < -0.4 is 11.1 Å². The molecular weight excluding hydrogens is 204 g/mol. The van der Waals surface area contributed by atoms with Gasteiger partial charge in [-0.25, -0.2) is 4.79 Å². The summed E-state index contributed by atoms with van der Waals surface area (Å²) in [5, 5.41) is 3.10. The van der Waals surface area contributed by atoms with Crippen LogP contribution in [0.1, 0.15) is 6.92 Å². The predicted molar refractivity (Wildman–Crippen MR) is 65.1 cm³/mol. The zero-order valence-electron chi connectivity index (χ0n) is 9.32. The lowest BCUT2D eigenvalue weighted by atomic mass is 10.3. The standard InChI is InChI=1S/C12H16N2O2/c1-9(2)12(15)16-8-7-14-11-5-3-10(13)4-6-11/h3-6,14H,1,7-8,13H2,2H3. The first-order valence-corrected chi connectivity index (χ1v) is 5.01. The van der Waals surface area contributed by atoms with Crippen molar-refractivity contribution in [3.8, 4) is 0 Å². The van der Waals surface area contributed by atoms with Crippen molar-refractivity contribution in [2.75, 3.05) is 24.2 Å². The topological polar surface area (TPSA) is 64.3 Å². The molecule has 0 aromatic heterocycles. The van der Waals surface area contributed by atoms with Crippen LogP contribution in [0.4, 0.5) is 11.4 Å². The third kappa shape index (κ3) is 4.04. The Morgan fingerprint density at radius 2 is 2.06 bits per heavy atom. The van der Waals surface area contributed by atoms with Gasteiger partial charge in [0.2, 0.25) is 0 Å². The van der Waals surface area contributed by atoms with Crippen LogP contribution in [-0.2, 0) is 9.53 Å². The van der Waals surface area contributed by atoms with Gasteiger partial charge in [-0.3, -0.25) is 0 Å². The average molecular weight is 220 g/mol. The van der Waals surface area contributed by atoms with Gasteiger partial charge in [-0.1, -0.05) is 6.58 Å². The molecule has 0 bridgehead atoms. The van der Waals surface area contributed by atoms with E-state index < -0.39 is 0 Å². The summed E-state index contributed by atoms with van der Waals surface area (Å²) in [5.41, 5.74) is 7.62. The number of benzene rings is 1. The summed E-state index contributed by atoms with van der Waals surface area (Å²) < 4.78 is 4.92. The third-order valence-corrected chi connectivity index (χ3v) is 1.92. The molecule has 0 amide bonds. The maximum atomic E-state index is 11.0. The second-order valence-electron chi connectivity index (χ2n) is 3.47. The lowest BCUT2D eigenvalue weighted by molar-refractivity contribution is -0.138.